The number of carbonyl (C=O) groups is 2. The van der Waals surface area contributed by atoms with E-state index in [9.17, 15) is 9.59 Å². The highest BCUT2D eigenvalue weighted by atomic mass is 16.7. The van der Waals surface area contributed by atoms with E-state index in [-0.39, 0.29) is 33.2 Å². The minimum atomic E-state index is -0.468. The fourth-order valence-corrected chi connectivity index (χ4v) is 6.23. The lowest BCUT2D eigenvalue weighted by atomic mass is 9.91. The molecule has 0 saturated carbocycles. The average Bonchev–Trinajstić information content (AvgIpc) is 3.42. The Morgan fingerprint density at radius 3 is 1.33 bits per heavy atom. The Kier molecular flexibility index (Phi) is 11.3. The molecule has 0 N–H and O–H groups in total. The van der Waals surface area contributed by atoms with Crippen LogP contribution in [0.15, 0.2) is 135 Å². The third-order valence-electron chi connectivity index (χ3n) is 8.91. The number of hydrogen-bond acceptors (Lipinski definition) is 8. The van der Waals surface area contributed by atoms with E-state index in [0.717, 1.165) is 78.6 Å². The Bertz CT molecular complexity index is 2250. The number of rotatable bonds is 14. The van der Waals surface area contributed by atoms with Crippen LogP contribution in [0.2, 0.25) is 0 Å². The molecule has 0 bridgehead atoms. The van der Waals surface area contributed by atoms with Gasteiger partial charge < -0.3 is 28.4 Å². The van der Waals surface area contributed by atoms with Crippen LogP contribution < -0.4 is 18.9 Å². The maximum absolute atomic E-state index is 11.2. The summed E-state index contributed by atoms with van der Waals surface area (Å²) in [6.07, 6.45) is 10.5. The molecular formula is C47H38O8. The van der Waals surface area contributed by atoms with Gasteiger partial charge in [0.25, 0.3) is 0 Å². The van der Waals surface area contributed by atoms with Crippen LogP contribution >= 0.6 is 0 Å². The molecule has 0 spiro atoms. The summed E-state index contributed by atoms with van der Waals surface area (Å²) >= 11 is 0. The van der Waals surface area contributed by atoms with Crippen molar-refractivity contribution < 1.29 is 38.0 Å². The van der Waals surface area contributed by atoms with Crippen molar-refractivity contribution in [2.45, 2.75) is 0 Å². The molecule has 1 aliphatic heterocycles. The highest BCUT2D eigenvalue weighted by molar-refractivity contribution is 6.10. The molecule has 0 radical (unpaired) electrons. The maximum atomic E-state index is 11.2. The SMILES string of the molecule is C=CC(=O)OCCOc1ccc(/C=C\c2ccc3c4c(ccc3c2)OCOc2ccc3cc(/C=C\c5ccc(OCCOC(=O)C=C)cc5)ccc3c2-4)cc1. The number of fused-ring (bicyclic) bond motifs is 7. The van der Waals surface area contributed by atoms with Crippen LogP contribution in [0, 0.1) is 0 Å². The van der Waals surface area contributed by atoms with Gasteiger partial charge in [0.2, 0.25) is 6.79 Å². The van der Waals surface area contributed by atoms with Gasteiger partial charge in [-0.2, -0.15) is 0 Å². The zero-order valence-corrected chi connectivity index (χ0v) is 30.1. The highest BCUT2D eigenvalue weighted by Crippen LogP contribution is 2.47. The van der Waals surface area contributed by atoms with E-state index >= 15 is 0 Å². The van der Waals surface area contributed by atoms with Gasteiger partial charge in [-0.15, -0.1) is 0 Å². The van der Waals surface area contributed by atoms with E-state index in [0.29, 0.717) is 11.5 Å². The predicted octanol–water partition coefficient (Wildman–Crippen LogP) is 9.95. The van der Waals surface area contributed by atoms with Crippen LogP contribution in [0.4, 0.5) is 0 Å². The lowest BCUT2D eigenvalue weighted by Crippen LogP contribution is -2.10. The van der Waals surface area contributed by atoms with Crippen molar-refractivity contribution in [3.63, 3.8) is 0 Å². The maximum Gasteiger partial charge on any atom is 0.330 e. The number of carbonyl (C=O) groups excluding carboxylic acids is 2. The highest BCUT2D eigenvalue weighted by Gasteiger charge is 2.22. The number of ether oxygens (including phenoxy) is 6. The minimum Gasteiger partial charge on any atom is -0.490 e. The molecule has 1 heterocycles. The molecule has 0 atom stereocenters. The van der Waals surface area contributed by atoms with E-state index in [1.807, 2.05) is 60.7 Å². The topological polar surface area (TPSA) is 89.5 Å². The van der Waals surface area contributed by atoms with Crippen LogP contribution in [0.3, 0.4) is 0 Å². The third-order valence-corrected chi connectivity index (χ3v) is 8.91. The summed E-state index contributed by atoms with van der Waals surface area (Å²) in [5.41, 5.74) is 6.18. The van der Waals surface area contributed by atoms with Crippen molar-refractivity contribution in [1.82, 2.24) is 0 Å². The lowest BCUT2D eigenvalue weighted by Gasteiger charge is -2.14. The quantitative estimate of drug-likeness (QED) is 0.0474. The predicted molar refractivity (Wildman–Crippen MR) is 217 cm³/mol. The molecule has 0 saturated heterocycles. The van der Waals surface area contributed by atoms with Gasteiger partial charge in [0.05, 0.1) is 0 Å². The van der Waals surface area contributed by atoms with Gasteiger partial charge in [-0.25, -0.2) is 9.59 Å². The molecule has 8 nitrogen and oxygen atoms in total. The Morgan fingerprint density at radius 1 is 0.509 bits per heavy atom. The number of esters is 2. The summed E-state index contributed by atoms with van der Waals surface area (Å²) in [5.74, 6) is 2.01. The monoisotopic (exact) mass is 730 g/mol. The zero-order valence-electron chi connectivity index (χ0n) is 30.1. The standard InChI is InChI=1S/C47H38O8/c1-3-44(48)52-27-25-50-38-17-9-32(10-18-38)5-7-34-13-21-40-36(29-34)15-23-42-46(40)47-41-22-14-35(30-37(41)16-24-43(47)55-31-54-42)8-6-33-11-19-39(20-12-33)51-26-28-53-45(49)4-2/h3-24,29-30H,1-2,25-28,31H2/b7-5-,8-6-. The molecule has 0 fully saturated rings. The van der Waals surface area contributed by atoms with Gasteiger partial charge in [0.1, 0.15) is 49.4 Å². The molecule has 55 heavy (non-hydrogen) atoms. The van der Waals surface area contributed by atoms with Crippen molar-refractivity contribution in [2.24, 2.45) is 0 Å². The first-order valence-corrected chi connectivity index (χ1v) is 17.8. The number of benzene rings is 6. The van der Waals surface area contributed by atoms with Gasteiger partial charge in [-0.05, 0) is 92.3 Å². The Labute approximate surface area is 319 Å². The number of hydrogen-bond donors (Lipinski definition) is 0. The van der Waals surface area contributed by atoms with Gasteiger partial charge in [-0.1, -0.05) is 98.1 Å². The van der Waals surface area contributed by atoms with Crippen molar-refractivity contribution in [1.29, 1.82) is 0 Å². The second kappa shape index (κ2) is 17.2. The first-order chi connectivity index (χ1) is 27.0. The first-order valence-electron chi connectivity index (χ1n) is 17.8. The van der Waals surface area contributed by atoms with Crippen molar-refractivity contribution in [2.75, 3.05) is 33.2 Å². The van der Waals surface area contributed by atoms with Crippen molar-refractivity contribution in [3.8, 4) is 34.1 Å². The molecule has 7 rings (SSSR count). The molecule has 1 aliphatic rings. The summed E-state index contributed by atoms with van der Waals surface area (Å²) < 4.78 is 33.5. The smallest absolute Gasteiger partial charge is 0.330 e. The summed E-state index contributed by atoms with van der Waals surface area (Å²) in [7, 11) is 0. The fourth-order valence-electron chi connectivity index (χ4n) is 6.23. The van der Waals surface area contributed by atoms with E-state index in [2.05, 4.69) is 86.0 Å². The molecule has 8 heteroatoms. The summed E-state index contributed by atoms with van der Waals surface area (Å²) in [5, 5.41) is 4.32. The third kappa shape index (κ3) is 8.95. The Balaban J connectivity index is 1.08. The largest absolute Gasteiger partial charge is 0.490 e. The Morgan fingerprint density at radius 2 is 0.909 bits per heavy atom. The molecule has 0 aromatic heterocycles. The Hall–Kier alpha value is -7.06. The zero-order chi connectivity index (χ0) is 38.0. The molecule has 0 amide bonds. The summed E-state index contributed by atoms with van der Waals surface area (Å²) in [6.45, 7) is 7.74. The second-order valence-corrected chi connectivity index (χ2v) is 12.5. The molecule has 0 aliphatic carbocycles. The van der Waals surface area contributed by atoms with Crippen LogP contribution in [-0.4, -0.2) is 45.2 Å². The second-order valence-electron chi connectivity index (χ2n) is 12.5. The van der Waals surface area contributed by atoms with Crippen molar-refractivity contribution >= 4 is 57.8 Å². The first kappa shape index (κ1) is 36.3. The van der Waals surface area contributed by atoms with Crippen LogP contribution in [0.25, 0.3) is 57.0 Å². The van der Waals surface area contributed by atoms with E-state index in [4.69, 9.17) is 28.4 Å². The molecule has 0 unspecified atom stereocenters. The van der Waals surface area contributed by atoms with Crippen molar-refractivity contribution in [3.05, 3.63) is 157 Å². The van der Waals surface area contributed by atoms with Gasteiger partial charge in [-0.3, -0.25) is 0 Å². The van der Waals surface area contributed by atoms with E-state index in [1.54, 1.807) is 0 Å². The fraction of sp³-hybridized carbons (Fsp3) is 0.106. The van der Waals surface area contributed by atoms with Gasteiger partial charge in [0, 0.05) is 23.3 Å². The minimum absolute atomic E-state index is 0.123. The van der Waals surface area contributed by atoms with Crippen LogP contribution in [0.5, 0.6) is 23.0 Å². The summed E-state index contributed by atoms with van der Waals surface area (Å²) in [4.78, 5) is 22.4. The van der Waals surface area contributed by atoms with Crippen LogP contribution in [-0.2, 0) is 19.1 Å². The lowest BCUT2D eigenvalue weighted by molar-refractivity contribution is -0.139. The van der Waals surface area contributed by atoms with Gasteiger partial charge >= 0.3 is 11.9 Å². The summed E-state index contributed by atoms with van der Waals surface area (Å²) in [6, 6.07) is 36.5. The normalized spacial score (nSPS) is 11.9. The van der Waals surface area contributed by atoms with E-state index < -0.39 is 11.9 Å². The average molecular weight is 731 g/mol. The molecule has 6 aromatic rings. The molecular weight excluding hydrogens is 693 g/mol. The molecule has 6 aromatic carbocycles. The van der Waals surface area contributed by atoms with Crippen LogP contribution in [0.1, 0.15) is 22.3 Å². The van der Waals surface area contributed by atoms with E-state index in [1.165, 1.54) is 0 Å². The molecule has 274 valence electrons. The van der Waals surface area contributed by atoms with Gasteiger partial charge in [0.15, 0.2) is 0 Å².